The van der Waals surface area contributed by atoms with Gasteiger partial charge in [-0.2, -0.15) is 0 Å². The van der Waals surface area contributed by atoms with Crippen molar-refractivity contribution in [2.75, 3.05) is 6.61 Å². The number of ether oxygens (including phenoxy) is 1. The Morgan fingerprint density at radius 3 is 2.63 bits per heavy atom. The van der Waals surface area contributed by atoms with Gasteiger partial charge in [0.25, 0.3) is 0 Å². The van der Waals surface area contributed by atoms with Crippen LogP contribution in [0.25, 0.3) is 0 Å². The highest BCUT2D eigenvalue weighted by molar-refractivity contribution is 5.28. The van der Waals surface area contributed by atoms with Gasteiger partial charge in [0.05, 0.1) is 12.7 Å². The van der Waals surface area contributed by atoms with E-state index in [1.807, 2.05) is 37.3 Å². The van der Waals surface area contributed by atoms with Gasteiger partial charge in [-0.3, -0.25) is 0 Å². The van der Waals surface area contributed by atoms with Gasteiger partial charge in [0, 0.05) is 6.42 Å². The van der Waals surface area contributed by atoms with E-state index in [0.717, 1.165) is 11.3 Å². The molecule has 3 heteroatoms. The third-order valence-electron chi connectivity index (χ3n) is 3.00. The van der Waals surface area contributed by atoms with E-state index in [2.05, 4.69) is 0 Å². The first kappa shape index (κ1) is 13.6. The number of aryl methyl sites for hydroxylation is 1. The van der Waals surface area contributed by atoms with E-state index in [9.17, 15) is 9.50 Å². The molecule has 0 aliphatic heterocycles. The van der Waals surface area contributed by atoms with Crippen molar-refractivity contribution in [1.29, 1.82) is 0 Å². The molecule has 2 aromatic carbocycles. The minimum atomic E-state index is -0.709. The van der Waals surface area contributed by atoms with Crippen molar-refractivity contribution in [3.63, 3.8) is 0 Å². The quantitative estimate of drug-likeness (QED) is 0.889. The van der Waals surface area contributed by atoms with Crippen molar-refractivity contribution in [3.8, 4) is 5.75 Å². The van der Waals surface area contributed by atoms with Crippen LogP contribution in [0.2, 0.25) is 0 Å². The summed E-state index contributed by atoms with van der Waals surface area (Å²) in [5.74, 6) is 0.439. The first-order valence-electron chi connectivity index (χ1n) is 6.29. The third-order valence-corrected chi connectivity index (χ3v) is 3.00. The largest absolute Gasteiger partial charge is 0.493 e. The molecule has 0 radical (unpaired) electrons. The van der Waals surface area contributed by atoms with Crippen LogP contribution in [0.3, 0.4) is 0 Å². The van der Waals surface area contributed by atoms with Crippen LogP contribution in [0.5, 0.6) is 5.75 Å². The van der Waals surface area contributed by atoms with Crippen molar-refractivity contribution in [2.45, 2.75) is 19.4 Å². The predicted octanol–water partition coefficient (Wildman–Crippen LogP) is 3.64. The maximum absolute atomic E-state index is 13.2. The summed E-state index contributed by atoms with van der Waals surface area (Å²) in [6.07, 6.45) is -0.279. The fourth-order valence-electron chi connectivity index (χ4n) is 1.93. The monoisotopic (exact) mass is 260 g/mol. The lowest BCUT2D eigenvalue weighted by molar-refractivity contribution is 0.140. The summed E-state index contributed by atoms with van der Waals surface area (Å²) in [5.41, 5.74) is 1.50. The first-order valence-corrected chi connectivity index (χ1v) is 6.29. The lowest BCUT2D eigenvalue weighted by Gasteiger charge is -2.14. The zero-order valence-electron chi connectivity index (χ0n) is 10.8. The summed E-state index contributed by atoms with van der Waals surface area (Å²) < 4.78 is 18.7. The van der Waals surface area contributed by atoms with Crippen LogP contribution in [-0.2, 0) is 0 Å². The van der Waals surface area contributed by atoms with Gasteiger partial charge in [-0.05, 0) is 42.3 Å². The molecule has 2 rings (SSSR count). The van der Waals surface area contributed by atoms with Gasteiger partial charge < -0.3 is 9.84 Å². The number of hydrogen-bond acceptors (Lipinski definition) is 2. The van der Waals surface area contributed by atoms with Crippen molar-refractivity contribution in [1.82, 2.24) is 0 Å². The Kier molecular flexibility index (Phi) is 4.53. The van der Waals surface area contributed by atoms with Gasteiger partial charge in [0.1, 0.15) is 11.6 Å². The van der Waals surface area contributed by atoms with E-state index in [4.69, 9.17) is 4.74 Å². The first-order chi connectivity index (χ1) is 9.16. The molecule has 0 amide bonds. The predicted molar refractivity (Wildman–Crippen MR) is 72.7 cm³/mol. The zero-order valence-corrected chi connectivity index (χ0v) is 10.8. The van der Waals surface area contributed by atoms with Crippen LogP contribution in [-0.4, -0.2) is 11.7 Å². The molecule has 0 aromatic heterocycles. The van der Waals surface area contributed by atoms with Crippen LogP contribution in [0.1, 0.15) is 23.7 Å². The van der Waals surface area contributed by atoms with E-state index < -0.39 is 6.10 Å². The van der Waals surface area contributed by atoms with Gasteiger partial charge in [0.15, 0.2) is 0 Å². The Hall–Kier alpha value is -1.87. The van der Waals surface area contributed by atoms with E-state index in [0.29, 0.717) is 18.6 Å². The molecule has 1 N–H and O–H groups in total. The minimum absolute atomic E-state index is 0.330. The second-order valence-electron chi connectivity index (χ2n) is 4.47. The van der Waals surface area contributed by atoms with E-state index in [1.165, 1.54) is 12.1 Å². The summed E-state index contributed by atoms with van der Waals surface area (Å²) in [6.45, 7) is 2.25. The number of aliphatic hydroxyl groups excluding tert-OH is 1. The molecular weight excluding hydrogens is 243 g/mol. The Balaban J connectivity index is 1.91. The second kappa shape index (κ2) is 6.34. The third kappa shape index (κ3) is 3.80. The molecule has 0 aliphatic carbocycles. The highest BCUT2D eigenvalue weighted by Gasteiger charge is 2.11. The Morgan fingerprint density at radius 1 is 1.16 bits per heavy atom. The van der Waals surface area contributed by atoms with Crippen LogP contribution >= 0.6 is 0 Å². The maximum atomic E-state index is 13.2. The summed E-state index contributed by atoms with van der Waals surface area (Å²) in [7, 11) is 0. The molecule has 1 atom stereocenters. The minimum Gasteiger partial charge on any atom is -0.493 e. The highest BCUT2D eigenvalue weighted by Crippen LogP contribution is 2.22. The molecule has 0 spiro atoms. The van der Waals surface area contributed by atoms with E-state index >= 15 is 0 Å². The fraction of sp³-hybridized carbons (Fsp3) is 0.250. The zero-order chi connectivity index (χ0) is 13.7. The SMILES string of the molecule is Cc1ccc(F)cc1C(O)CCOc1ccccc1. The molecule has 0 saturated carbocycles. The molecule has 0 fully saturated rings. The normalized spacial score (nSPS) is 12.2. The molecule has 1 unspecified atom stereocenters. The molecule has 2 aromatic rings. The van der Waals surface area contributed by atoms with Crippen molar-refractivity contribution >= 4 is 0 Å². The summed E-state index contributed by atoms with van der Waals surface area (Å²) in [4.78, 5) is 0. The number of benzene rings is 2. The Labute approximate surface area is 112 Å². The van der Waals surface area contributed by atoms with Gasteiger partial charge in [-0.15, -0.1) is 0 Å². The lowest BCUT2D eigenvalue weighted by Crippen LogP contribution is -2.07. The molecular formula is C16H17FO2. The van der Waals surface area contributed by atoms with Gasteiger partial charge >= 0.3 is 0 Å². The van der Waals surface area contributed by atoms with Crippen LogP contribution in [0, 0.1) is 12.7 Å². The Bertz CT molecular complexity index is 526. The standard InChI is InChI=1S/C16H17FO2/c1-12-7-8-13(17)11-15(12)16(18)9-10-19-14-5-3-2-4-6-14/h2-8,11,16,18H,9-10H2,1H3. The average Bonchev–Trinajstić information content (AvgIpc) is 2.42. The lowest BCUT2D eigenvalue weighted by atomic mass is 10.0. The molecule has 0 heterocycles. The van der Waals surface area contributed by atoms with Crippen LogP contribution < -0.4 is 4.74 Å². The van der Waals surface area contributed by atoms with Gasteiger partial charge in [-0.1, -0.05) is 24.3 Å². The number of halogens is 1. The maximum Gasteiger partial charge on any atom is 0.123 e. The molecule has 0 saturated heterocycles. The molecule has 0 bridgehead atoms. The van der Waals surface area contributed by atoms with Crippen molar-refractivity contribution in [3.05, 3.63) is 65.5 Å². The molecule has 0 aliphatic rings. The number of rotatable bonds is 5. The molecule has 19 heavy (non-hydrogen) atoms. The number of hydrogen-bond donors (Lipinski definition) is 1. The summed E-state index contributed by atoms with van der Waals surface area (Å²) in [6, 6.07) is 13.9. The van der Waals surface area contributed by atoms with Crippen LogP contribution in [0.4, 0.5) is 4.39 Å². The topological polar surface area (TPSA) is 29.5 Å². The molecule has 100 valence electrons. The van der Waals surface area contributed by atoms with E-state index in [1.54, 1.807) is 6.07 Å². The summed E-state index contributed by atoms with van der Waals surface area (Å²) in [5, 5.41) is 10.1. The second-order valence-corrected chi connectivity index (χ2v) is 4.47. The summed E-state index contributed by atoms with van der Waals surface area (Å²) >= 11 is 0. The van der Waals surface area contributed by atoms with Gasteiger partial charge in [-0.25, -0.2) is 4.39 Å². The van der Waals surface area contributed by atoms with Crippen molar-refractivity contribution in [2.24, 2.45) is 0 Å². The fourth-order valence-corrected chi connectivity index (χ4v) is 1.93. The van der Waals surface area contributed by atoms with E-state index in [-0.39, 0.29) is 5.82 Å². The number of aliphatic hydroxyl groups is 1. The van der Waals surface area contributed by atoms with Crippen LogP contribution in [0.15, 0.2) is 48.5 Å². The smallest absolute Gasteiger partial charge is 0.123 e. The highest BCUT2D eigenvalue weighted by atomic mass is 19.1. The van der Waals surface area contributed by atoms with Crippen molar-refractivity contribution < 1.29 is 14.2 Å². The number of para-hydroxylation sites is 1. The average molecular weight is 260 g/mol. The Morgan fingerprint density at radius 2 is 1.89 bits per heavy atom. The molecule has 2 nitrogen and oxygen atoms in total. The van der Waals surface area contributed by atoms with Gasteiger partial charge in [0.2, 0.25) is 0 Å².